The van der Waals surface area contributed by atoms with Crippen molar-refractivity contribution in [2.45, 2.75) is 25.8 Å². The maximum absolute atomic E-state index is 12.7. The molecule has 1 saturated heterocycles. The van der Waals surface area contributed by atoms with Crippen molar-refractivity contribution in [2.75, 3.05) is 13.1 Å². The standard InChI is InChI=1S/C20H20Cl2N2O2/c1-13-4-2-3-5-16(13)20(26)24-10-8-15(9-11-24)23-19(25)17-7-6-14(21)12-18(17)22/h2-7,12,15H,8-11H2,1H3,(H,23,25). The molecule has 0 radical (unpaired) electrons. The number of amides is 2. The van der Waals surface area contributed by atoms with Gasteiger partial charge in [-0.2, -0.15) is 0 Å². The monoisotopic (exact) mass is 390 g/mol. The van der Waals surface area contributed by atoms with Gasteiger partial charge >= 0.3 is 0 Å². The lowest BCUT2D eigenvalue weighted by Crippen LogP contribution is -2.46. The summed E-state index contributed by atoms with van der Waals surface area (Å²) in [7, 11) is 0. The van der Waals surface area contributed by atoms with E-state index in [1.54, 1.807) is 18.2 Å². The molecule has 1 aliphatic rings. The second-order valence-electron chi connectivity index (χ2n) is 6.48. The number of likely N-dealkylation sites (tertiary alicyclic amines) is 1. The Labute approximate surface area is 163 Å². The van der Waals surface area contributed by atoms with Crippen LogP contribution in [0.25, 0.3) is 0 Å². The largest absolute Gasteiger partial charge is 0.349 e. The fourth-order valence-electron chi connectivity index (χ4n) is 3.15. The molecule has 0 spiro atoms. The summed E-state index contributed by atoms with van der Waals surface area (Å²) < 4.78 is 0. The Hall–Kier alpha value is -2.04. The molecule has 0 bridgehead atoms. The predicted molar refractivity (Wildman–Crippen MR) is 104 cm³/mol. The summed E-state index contributed by atoms with van der Waals surface area (Å²) >= 11 is 12.0. The van der Waals surface area contributed by atoms with Gasteiger partial charge in [0.1, 0.15) is 0 Å². The van der Waals surface area contributed by atoms with E-state index in [1.165, 1.54) is 0 Å². The van der Waals surface area contributed by atoms with Gasteiger partial charge in [-0.15, -0.1) is 0 Å². The van der Waals surface area contributed by atoms with E-state index in [2.05, 4.69) is 5.32 Å². The maximum atomic E-state index is 12.7. The zero-order chi connectivity index (χ0) is 18.7. The highest BCUT2D eigenvalue weighted by Gasteiger charge is 2.25. The van der Waals surface area contributed by atoms with E-state index in [9.17, 15) is 9.59 Å². The molecule has 136 valence electrons. The molecule has 2 aromatic carbocycles. The lowest BCUT2D eigenvalue weighted by Gasteiger charge is -2.32. The second-order valence-corrected chi connectivity index (χ2v) is 7.32. The van der Waals surface area contributed by atoms with Crippen LogP contribution in [0.15, 0.2) is 42.5 Å². The van der Waals surface area contributed by atoms with Crippen LogP contribution in [0, 0.1) is 6.92 Å². The fraction of sp³-hybridized carbons (Fsp3) is 0.300. The normalized spacial score (nSPS) is 15.0. The number of nitrogens with one attached hydrogen (secondary N) is 1. The zero-order valence-electron chi connectivity index (χ0n) is 14.5. The molecule has 2 aromatic rings. The third-order valence-electron chi connectivity index (χ3n) is 4.67. The summed E-state index contributed by atoms with van der Waals surface area (Å²) in [5.41, 5.74) is 2.13. The first-order valence-electron chi connectivity index (χ1n) is 8.56. The first kappa shape index (κ1) is 18.7. The number of benzene rings is 2. The van der Waals surface area contributed by atoms with Crippen LogP contribution in [0.2, 0.25) is 10.0 Å². The van der Waals surface area contributed by atoms with Crippen molar-refractivity contribution >= 4 is 35.0 Å². The molecule has 26 heavy (non-hydrogen) atoms. The van der Waals surface area contributed by atoms with Crippen LogP contribution >= 0.6 is 23.2 Å². The van der Waals surface area contributed by atoms with Gasteiger partial charge in [-0.05, 0) is 49.6 Å². The number of carbonyl (C=O) groups is 2. The molecular weight excluding hydrogens is 371 g/mol. The van der Waals surface area contributed by atoms with E-state index in [0.717, 1.165) is 11.1 Å². The average molecular weight is 391 g/mol. The van der Waals surface area contributed by atoms with Crippen LogP contribution in [0.1, 0.15) is 39.1 Å². The van der Waals surface area contributed by atoms with Crippen molar-refractivity contribution in [1.82, 2.24) is 10.2 Å². The lowest BCUT2D eigenvalue weighted by molar-refractivity contribution is 0.0697. The van der Waals surface area contributed by atoms with E-state index in [1.807, 2.05) is 36.1 Å². The number of rotatable bonds is 3. The van der Waals surface area contributed by atoms with Gasteiger partial charge in [-0.3, -0.25) is 9.59 Å². The highest BCUT2D eigenvalue weighted by molar-refractivity contribution is 6.36. The Bertz CT molecular complexity index is 830. The predicted octanol–water partition coefficient (Wildman–Crippen LogP) is 4.34. The number of nitrogens with zero attached hydrogens (tertiary/aromatic N) is 1. The summed E-state index contributed by atoms with van der Waals surface area (Å²) in [6.45, 7) is 3.18. The Kier molecular flexibility index (Phi) is 5.84. The number of hydrogen-bond donors (Lipinski definition) is 1. The first-order chi connectivity index (χ1) is 12.5. The molecule has 0 unspecified atom stereocenters. The Balaban J connectivity index is 1.58. The van der Waals surface area contributed by atoms with Gasteiger partial charge < -0.3 is 10.2 Å². The summed E-state index contributed by atoms with van der Waals surface area (Å²) in [5, 5.41) is 3.83. The van der Waals surface area contributed by atoms with Crippen molar-refractivity contribution in [2.24, 2.45) is 0 Å². The van der Waals surface area contributed by atoms with Crippen molar-refractivity contribution in [3.63, 3.8) is 0 Å². The van der Waals surface area contributed by atoms with Crippen LogP contribution in [-0.4, -0.2) is 35.8 Å². The van der Waals surface area contributed by atoms with Gasteiger partial charge in [-0.1, -0.05) is 41.4 Å². The van der Waals surface area contributed by atoms with Crippen molar-refractivity contribution in [1.29, 1.82) is 0 Å². The highest BCUT2D eigenvalue weighted by Crippen LogP contribution is 2.22. The average Bonchev–Trinajstić information content (AvgIpc) is 2.62. The van der Waals surface area contributed by atoms with E-state index in [0.29, 0.717) is 41.5 Å². The SMILES string of the molecule is Cc1ccccc1C(=O)N1CCC(NC(=O)c2ccc(Cl)cc2Cl)CC1. The minimum atomic E-state index is -0.213. The summed E-state index contributed by atoms with van der Waals surface area (Å²) in [4.78, 5) is 26.9. The van der Waals surface area contributed by atoms with Crippen LogP contribution < -0.4 is 5.32 Å². The van der Waals surface area contributed by atoms with Crippen LogP contribution in [0.3, 0.4) is 0 Å². The first-order valence-corrected chi connectivity index (χ1v) is 9.32. The smallest absolute Gasteiger partial charge is 0.254 e. The van der Waals surface area contributed by atoms with Gasteiger partial charge in [0.15, 0.2) is 0 Å². The number of halogens is 2. The van der Waals surface area contributed by atoms with Gasteiger partial charge in [-0.25, -0.2) is 0 Å². The zero-order valence-corrected chi connectivity index (χ0v) is 16.0. The molecule has 0 aromatic heterocycles. The molecule has 0 aliphatic carbocycles. The van der Waals surface area contributed by atoms with E-state index in [-0.39, 0.29) is 17.9 Å². The van der Waals surface area contributed by atoms with Crippen molar-refractivity contribution in [3.8, 4) is 0 Å². The molecule has 2 amide bonds. The van der Waals surface area contributed by atoms with Gasteiger partial charge in [0, 0.05) is 29.7 Å². The van der Waals surface area contributed by atoms with E-state index < -0.39 is 0 Å². The summed E-state index contributed by atoms with van der Waals surface area (Å²) in [5.74, 6) is -0.163. The molecule has 3 rings (SSSR count). The summed E-state index contributed by atoms with van der Waals surface area (Å²) in [6, 6.07) is 12.4. The van der Waals surface area contributed by atoms with Gasteiger partial charge in [0.05, 0.1) is 10.6 Å². The molecule has 4 nitrogen and oxygen atoms in total. The number of hydrogen-bond acceptors (Lipinski definition) is 2. The minimum absolute atomic E-state index is 0.0233. The third-order valence-corrected chi connectivity index (χ3v) is 5.22. The van der Waals surface area contributed by atoms with Crippen LogP contribution in [0.5, 0.6) is 0 Å². The molecule has 0 saturated carbocycles. The quantitative estimate of drug-likeness (QED) is 0.847. The van der Waals surface area contributed by atoms with E-state index >= 15 is 0 Å². The van der Waals surface area contributed by atoms with Gasteiger partial charge in [0.25, 0.3) is 11.8 Å². The molecule has 1 fully saturated rings. The maximum Gasteiger partial charge on any atom is 0.254 e. The van der Waals surface area contributed by atoms with Crippen LogP contribution in [0.4, 0.5) is 0 Å². The van der Waals surface area contributed by atoms with Crippen molar-refractivity contribution < 1.29 is 9.59 Å². The number of piperidine rings is 1. The molecule has 0 atom stereocenters. The Morgan fingerprint density at radius 2 is 1.73 bits per heavy atom. The van der Waals surface area contributed by atoms with Crippen LogP contribution in [-0.2, 0) is 0 Å². The Morgan fingerprint density at radius 3 is 2.38 bits per heavy atom. The lowest BCUT2D eigenvalue weighted by atomic mass is 10.0. The number of carbonyl (C=O) groups excluding carboxylic acids is 2. The molecule has 1 N–H and O–H groups in total. The van der Waals surface area contributed by atoms with Gasteiger partial charge in [0.2, 0.25) is 0 Å². The summed E-state index contributed by atoms with van der Waals surface area (Å²) in [6.07, 6.45) is 1.43. The van der Waals surface area contributed by atoms with E-state index in [4.69, 9.17) is 23.2 Å². The van der Waals surface area contributed by atoms with Crippen molar-refractivity contribution in [3.05, 3.63) is 69.2 Å². The molecule has 6 heteroatoms. The topological polar surface area (TPSA) is 49.4 Å². The Morgan fingerprint density at radius 1 is 1.04 bits per heavy atom. The molecule has 1 aliphatic heterocycles. The third kappa shape index (κ3) is 4.19. The fourth-order valence-corrected chi connectivity index (χ4v) is 3.64. The highest BCUT2D eigenvalue weighted by atomic mass is 35.5. The molecular formula is C20H20Cl2N2O2. The molecule has 1 heterocycles. The minimum Gasteiger partial charge on any atom is -0.349 e. The second kappa shape index (κ2) is 8.11. The number of aryl methyl sites for hydroxylation is 1.